The highest BCUT2D eigenvalue weighted by atomic mass is 16.4. The Hall–Kier alpha value is -4.59. The van der Waals surface area contributed by atoms with Gasteiger partial charge in [-0.2, -0.15) is 0 Å². The quantitative estimate of drug-likeness (QED) is 0.458. The van der Waals surface area contributed by atoms with E-state index in [4.69, 9.17) is 4.99 Å². The molecular weight excluding hydrogens is 468 g/mol. The Balaban J connectivity index is 1.65. The molecule has 1 amide bonds. The van der Waals surface area contributed by atoms with Crippen molar-refractivity contribution < 1.29 is 14.7 Å². The van der Waals surface area contributed by atoms with E-state index in [-0.39, 0.29) is 24.6 Å². The van der Waals surface area contributed by atoms with Crippen molar-refractivity contribution in [2.45, 2.75) is 32.4 Å². The number of fused-ring (bicyclic) bond motifs is 1. The van der Waals surface area contributed by atoms with Crippen molar-refractivity contribution in [2.75, 3.05) is 11.4 Å². The van der Waals surface area contributed by atoms with Crippen molar-refractivity contribution in [3.63, 3.8) is 0 Å². The molecule has 1 N–H and O–H groups in total. The van der Waals surface area contributed by atoms with E-state index in [1.165, 1.54) is 4.57 Å². The number of benzene rings is 3. The van der Waals surface area contributed by atoms with Gasteiger partial charge in [-0.1, -0.05) is 54.1 Å². The van der Waals surface area contributed by atoms with Crippen LogP contribution >= 0.6 is 0 Å². The van der Waals surface area contributed by atoms with E-state index in [0.717, 1.165) is 27.9 Å². The van der Waals surface area contributed by atoms with Gasteiger partial charge in [0, 0.05) is 24.1 Å². The van der Waals surface area contributed by atoms with Crippen molar-refractivity contribution in [2.24, 2.45) is 4.99 Å². The van der Waals surface area contributed by atoms with Gasteiger partial charge in [0.05, 0.1) is 28.7 Å². The largest absolute Gasteiger partial charge is 0.481 e. The molecule has 0 spiro atoms. The van der Waals surface area contributed by atoms with E-state index in [2.05, 4.69) is 11.1 Å². The molecule has 0 fully saturated rings. The van der Waals surface area contributed by atoms with Gasteiger partial charge in [-0.3, -0.25) is 19.0 Å². The fraction of sp³-hybridized carbons (Fsp3) is 0.207. The highest BCUT2D eigenvalue weighted by Crippen LogP contribution is 2.39. The summed E-state index contributed by atoms with van der Waals surface area (Å²) in [7, 11) is 0. The van der Waals surface area contributed by atoms with Gasteiger partial charge in [0.15, 0.2) is 0 Å². The van der Waals surface area contributed by atoms with Gasteiger partial charge < -0.3 is 10.0 Å². The Morgan fingerprint density at radius 1 is 1.05 bits per heavy atom. The number of aliphatic imine (C=N–C) groups is 1. The highest BCUT2D eigenvalue weighted by Gasteiger charge is 2.39. The number of anilines is 1. The Labute approximate surface area is 212 Å². The van der Waals surface area contributed by atoms with E-state index < -0.39 is 17.7 Å². The third-order valence-electron chi connectivity index (χ3n) is 6.94. The maximum absolute atomic E-state index is 14.1. The first-order valence-corrected chi connectivity index (χ1v) is 12.2. The van der Waals surface area contributed by atoms with Gasteiger partial charge in [0.25, 0.3) is 11.5 Å². The van der Waals surface area contributed by atoms with Gasteiger partial charge in [0.1, 0.15) is 5.82 Å². The molecule has 1 atom stereocenters. The van der Waals surface area contributed by atoms with Crippen molar-refractivity contribution in [1.82, 2.24) is 9.55 Å². The average Bonchev–Trinajstić information content (AvgIpc) is 3.27. The third kappa shape index (κ3) is 3.81. The first kappa shape index (κ1) is 22.8. The van der Waals surface area contributed by atoms with Crippen molar-refractivity contribution >= 4 is 34.2 Å². The maximum Gasteiger partial charge on any atom is 0.303 e. The van der Waals surface area contributed by atoms with Crippen molar-refractivity contribution in [1.29, 1.82) is 0 Å². The summed E-state index contributed by atoms with van der Waals surface area (Å²) in [6.07, 6.45) is -0.746. The van der Waals surface area contributed by atoms with Crippen LogP contribution in [0.3, 0.4) is 0 Å². The van der Waals surface area contributed by atoms with E-state index >= 15 is 0 Å². The zero-order valence-electron chi connectivity index (χ0n) is 20.2. The number of nitrogens with zero attached hydrogens (tertiary/aromatic N) is 4. The molecule has 6 rings (SSSR count). The van der Waals surface area contributed by atoms with Crippen LogP contribution in [0.5, 0.6) is 0 Å². The summed E-state index contributed by atoms with van der Waals surface area (Å²) in [6, 6.07) is 20.6. The maximum atomic E-state index is 14.1. The molecule has 0 saturated heterocycles. The molecule has 1 unspecified atom stereocenters. The fourth-order valence-electron chi connectivity index (χ4n) is 5.33. The molecular formula is C29H24N4O4. The summed E-state index contributed by atoms with van der Waals surface area (Å²) in [6.45, 7) is 2.51. The molecule has 3 heterocycles. The normalized spacial score (nSPS) is 16.5. The number of aryl methyl sites for hydroxylation is 2. The first-order chi connectivity index (χ1) is 17.9. The molecule has 8 nitrogen and oxygen atoms in total. The number of rotatable bonds is 5. The van der Waals surface area contributed by atoms with Crippen molar-refractivity contribution in [3.8, 4) is 0 Å². The van der Waals surface area contributed by atoms with E-state index in [1.807, 2.05) is 43.3 Å². The molecule has 0 bridgehead atoms. The lowest BCUT2D eigenvalue weighted by molar-refractivity contribution is -0.137. The van der Waals surface area contributed by atoms with Crippen LogP contribution in [0.15, 0.2) is 76.5 Å². The standard InChI is InChI=1S/C29H24N4O4/c1-17-15-19-13-14-32-26(19)21(16-17)25(18-7-3-2-4-8-18)31-27(29(32)37)33-23(11-12-24(34)35)30-22-10-6-5-9-20(22)28(33)36/h2-10,15-16,27H,11-14H2,1H3,(H,34,35). The third-order valence-corrected chi connectivity index (χ3v) is 6.94. The number of aromatic nitrogens is 2. The molecule has 2 aliphatic heterocycles. The number of carboxylic acids is 1. The van der Waals surface area contributed by atoms with Gasteiger partial charge in [-0.05, 0) is 37.1 Å². The molecule has 3 aromatic carbocycles. The topological polar surface area (TPSA) is 105 Å². The molecule has 0 saturated carbocycles. The Morgan fingerprint density at radius 2 is 1.81 bits per heavy atom. The number of carbonyl (C=O) groups is 2. The lowest BCUT2D eigenvalue weighted by Gasteiger charge is -2.23. The Kier molecular flexibility index (Phi) is 5.44. The van der Waals surface area contributed by atoms with Crippen molar-refractivity contribution in [3.05, 3.63) is 105 Å². The number of hydrogen-bond acceptors (Lipinski definition) is 5. The zero-order valence-corrected chi connectivity index (χ0v) is 20.2. The molecule has 184 valence electrons. The summed E-state index contributed by atoms with van der Waals surface area (Å²) in [5.41, 5.74) is 5.31. The van der Waals surface area contributed by atoms with Crippen LogP contribution in [0.1, 0.15) is 40.7 Å². The summed E-state index contributed by atoms with van der Waals surface area (Å²) in [5, 5.41) is 9.71. The predicted octanol–water partition coefficient (Wildman–Crippen LogP) is 3.66. The average molecular weight is 493 g/mol. The zero-order chi connectivity index (χ0) is 25.7. The van der Waals surface area contributed by atoms with E-state index in [0.29, 0.717) is 29.6 Å². The van der Waals surface area contributed by atoms with Crippen LogP contribution in [0.2, 0.25) is 0 Å². The van der Waals surface area contributed by atoms with Gasteiger partial charge in [-0.15, -0.1) is 0 Å². The molecule has 1 aromatic heterocycles. The second kappa shape index (κ2) is 8.81. The van der Waals surface area contributed by atoms with Crippen LogP contribution in [-0.2, 0) is 22.4 Å². The lowest BCUT2D eigenvalue weighted by Crippen LogP contribution is -2.40. The van der Waals surface area contributed by atoms with Crippen LogP contribution in [-0.4, -0.2) is 38.8 Å². The number of amides is 1. The highest BCUT2D eigenvalue weighted by molar-refractivity contribution is 6.20. The van der Waals surface area contributed by atoms with Crippen LogP contribution in [0.4, 0.5) is 5.69 Å². The van der Waals surface area contributed by atoms with E-state index in [9.17, 15) is 19.5 Å². The summed E-state index contributed by atoms with van der Waals surface area (Å²) >= 11 is 0. The van der Waals surface area contributed by atoms with E-state index in [1.54, 1.807) is 29.2 Å². The number of hydrogen-bond donors (Lipinski definition) is 1. The lowest BCUT2D eigenvalue weighted by atomic mass is 9.96. The minimum absolute atomic E-state index is 0.00726. The number of aliphatic carboxylic acids is 1. The van der Waals surface area contributed by atoms with Gasteiger partial charge in [-0.25, -0.2) is 9.98 Å². The van der Waals surface area contributed by atoms with Crippen LogP contribution in [0.25, 0.3) is 10.9 Å². The molecule has 4 aromatic rings. The fourth-order valence-corrected chi connectivity index (χ4v) is 5.33. The Morgan fingerprint density at radius 3 is 2.59 bits per heavy atom. The number of carboxylic acid groups (broad SMARTS) is 1. The minimum atomic E-state index is -1.22. The molecule has 8 heteroatoms. The predicted molar refractivity (Wildman–Crippen MR) is 140 cm³/mol. The molecule has 0 aliphatic carbocycles. The molecule has 37 heavy (non-hydrogen) atoms. The Bertz CT molecular complexity index is 1670. The van der Waals surface area contributed by atoms with Crippen LogP contribution < -0.4 is 10.5 Å². The second-order valence-electron chi connectivity index (χ2n) is 9.39. The smallest absolute Gasteiger partial charge is 0.303 e. The summed E-state index contributed by atoms with van der Waals surface area (Å²) < 4.78 is 1.30. The second-order valence-corrected chi connectivity index (χ2v) is 9.39. The van der Waals surface area contributed by atoms with Crippen LogP contribution in [0, 0.1) is 6.92 Å². The van der Waals surface area contributed by atoms with Gasteiger partial charge >= 0.3 is 5.97 Å². The molecule has 2 aliphatic rings. The minimum Gasteiger partial charge on any atom is -0.481 e. The molecule has 0 radical (unpaired) electrons. The number of carbonyl (C=O) groups excluding carboxylic acids is 1. The first-order valence-electron chi connectivity index (χ1n) is 12.2. The number of para-hydroxylation sites is 1. The monoisotopic (exact) mass is 492 g/mol. The SMILES string of the molecule is Cc1cc2c3c(c1)C(c1ccccc1)=NC(n1c(CCC(=O)O)nc4ccccc4c1=O)C(=O)N3CC2. The van der Waals surface area contributed by atoms with Gasteiger partial charge in [0.2, 0.25) is 6.17 Å². The summed E-state index contributed by atoms with van der Waals surface area (Å²) in [5.74, 6) is -1.12. The summed E-state index contributed by atoms with van der Waals surface area (Å²) in [4.78, 5) is 50.7.